The second-order valence-electron chi connectivity index (χ2n) is 8.35. The Morgan fingerprint density at radius 3 is 2.47 bits per heavy atom. The number of benzene rings is 2. The average molecular weight is 470 g/mol. The molecule has 0 bridgehead atoms. The van der Waals surface area contributed by atoms with Crippen molar-refractivity contribution in [2.45, 2.75) is 42.8 Å². The molecular formula is C24H27N3O3S2. The van der Waals surface area contributed by atoms with Crippen molar-refractivity contribution >= 4 is 35.1 Å². The van der Waals surface area contributed by atoms with Crippen molar-refractivity contribution in [2.75, 3.05) is 14.1 Å². The normalized spacial score (nSPS) is 11.2. The summed E-state index contributed by atoms with van der Waals surface area (Å²) in [5, 5.41) is 6.26. The molecule has 2 amide bonds. The Kier molecular flexibility index (Phi) is 7.58. The maximum absolute atomic E-state index is 12.6. The Hall–Kier alpha value is -2.84. The van der Waals surface area contributed by atoms with Gasteiger partial charge in [-0.1, -0.05) is 42.1 Å². The van der Waals surface area contributed by atoms with Crippen molar-refractivity contribution in [1.29, 1.82) is 0 Å². The molecular weight excluding hydrogens is 442 g/mol. The summed E-state index contributed by atoms with van der Waals surface area (Å²) in [4.78, 5) is 31.6. The molecule has 32 heavy (non-hydrogen) atoms. The number of hydrogen-bond acceptors (Lipinski definition) is 6. The van der Waals surface area contributed by atoms with E-state index < -0.39 is 11.7 Å². The largest absolute Gasteiger partial charge is 0.444 e. The van der Waals surface area contributed by atoms with E-state index in [2.05, 4.69) is 16.4 Å². The maximum atomic E-state index is 12.6. The first-order chi connectivity index (χ1) is 15.1. The zero-order valence-electron chi connectivity index (χ0n) is 18.8. The van der Waals surface area contributed by atoms with E-state index >= 15 is 0 Å². The summed E-state index contributed by atoms with van der Waals surface area (Å²) < 4.78 is 5.26. The second kappa shape index (κ2) is 10.2. The molecule has 8 heteroatoms. The van der Waals surface area contributed by atoms with Gasteiger partial charge in [0.05, 0.1) is 6.54 Å². The van der Waals surface area contributed by atoms with E-state index in [9.17, 15) is 9.59 Å². The summed E-state index contributed by atoms with van der Waals surface area (Å²) in [6.45, 7) is 5.77. The van der Waals surface area contributed by atoms with Crippen molar-refractivity contribution in [3.63, 3.8) is 0 Å². The molecule has 2 aromatic carbocycles. The van der Waals surface area contributed by atoms with Crippen LogP contribution in [0, 0.1) is 0 Å². The third-order valence-electron chi connectivity index (χ3n) is 4.20. The van der Waals surface area contributed by atoms with Crippen LogP contribution in [-0.4, -0.2) is 41.6 Å². The molecule has 168 valence electrons. The van der Waals surface area contributed by atoms with Crippen LogP contribution in [-0.2, 0) is 11.3 Å². The molecule has 1 aromatic heterocycles. The van der Waals surface area contributed by atoms with Gasteiger partial charge in [-0.25, -0.2) is 9.78 Å². The zero-order chi connectivity index (χ0) is 23.3. The van der Waals surface area contributed by atoms with Crippen molar-refractivity contribution in [3.05, 3.63) is 64.5 Å². The molecule has 3 rings (SSSR count). The standard InChI is InChI=1S/C24H27N3O3S2/c1-24(2,3)30-23(29)25-14-20-26-21(15-31-20)32-19-12-17(16-9-7-6-8-10-16)11-18(13-19)22(28)27(4)5/h6-13,15H,14H2,1-5H3,(H,25,29). The summed E-state index contributed by atoms with van der Waals surface area (Å²) in [5.41, 5.74) is 2.10. The third kappa shape index (κ3) is 6.83. The summed E-state index contributed by atoms with van der Waals surface area (Å²) >= 11 is 2.96. The van der Waals surface area contributed by atoms with E-state index in [-0.39, 0.29) is 5.91 Å². The summed E-state index contributed by atoms with van der Waals surface area (Å²) in [5.74, 6) is -0.0508. The van der Waals surface area contributed by atoms with Gasteiger partial charge in [-0.2, -0.15) is 0 Å². The predicted molar refractivity (Wildman–Crippen MR) is 129 cm³/mol. The van der Waals surface area contributed by atoms with Crippen LogP contribution in [0.4, 0.5) is 4.79 Å². The summed E-state index contributed by atoms with van der Waals surface area (Å²) in [6.07, 6.45) is -0.468. The van der Waals surface area contributed by atoms with Crippen LogP contribution in [0.25, 0.3) is 11.1 Å². The highest BCUT2D eigenvalue weighted by Gasteiger charge is 2.17. The smallest absolute Gasteiger partial charge is 0.408 e. The molecule has 0 atom stereocenters. The number of hydrogen-bond donors (Lipinski definition) is 1. The molecule has 1 N–H and O–H groups in total. The van der Waals surface area contributed by atoms with Crippen LogP contribution in [0.5, 0.6) is 0 Å². The minimum atomic E-state index is -0.542. The fourth-order valence-corrected chi connectivity index (χ4v) is 4.60. The maximum Gasteiger partial charge on any atom is 0.408 e. The van der Waals surface area contributed by atoms with Crippen LogP contribution in [0.2, 0.25) is 0 Å². The molecule has 0 aliphatic rings. The summed E-state index contributed by atoms with van der Waals surface area (Å²) in [6, 6.07) is 15.8. The molecule has 0 saturated carbocycles. The number of carbonyl (C=O) groups excluding carboxylic acids is 2. The highest BCUT2D eigenvalue weighted by molar-refractivity contribution is 7.99. The van der Waals surface area contributed by atoms with Crippen molar-refractivity contribution in [2.24, 2.45) is 0 Å². The van der Waals surface area contributed by atoms with Crippen LogP contribution in [0.1, 0.15) is 36.1 Å². The Bertz CT molecular complexity index is 1090. The van der Waals surface area contributed by atoms with E-state index in [4.69, 9.17) is 4.74 Å². The Labute approximate surface area is 197 Å². The zero-order valence-corrected chi connectivity index (χ0v) is 20.5. The van der Waals surface area contributed by atoms with Gasteiger partial charge in [0, 0.05) is 29.9 Å². The lowest BCUT2D eigenvalue weighted by Crippen LogP contribution is -2.32. The van der Waals surface area contributed by atoms with Crippen LogP contribution < -0.4 is 5.32 Å². The van der Waals surface area contributed by atoms with Crippen molar-refractivity contribution < 1.29 is 14.3 Å². The van der Waals surface area contributed by atoms with Crippen molar-refractivity contribution in [1.82, 2.24) is 15.2 Å². The van der Waals surface area contributed by atoms with Gasteiger partial charge in [0.15, 0.2) is 0 Å². The number of nitrogens with one attached hydrogen (secondary N) is 1. The fraction of sp³-hybridized carbons (Fsp3) is 0.292. The van der Waals surface area contributed by atoms with E-state index in [1.807, 2.05) is 68.6 Å². The highest BCUT2D eigenvalue weighted by Crippen LogP contribution is 2.33. The van der Waals surface area contributed by atoms with Gasteiger partial charge in [-0.3, -0.25) is 4.79 Å². The van der Waals surface area contributed by atoms with Gasteiger partial charge < -0.3 is 15.0 Å². The molecule has 0 aliphatic heterocycles. The van der Waals surface area contributed by atoms with E-state index in [0.29, 0.717) is 12.1 Å². The SMILES string of the molecule is CN(C)C(=O)c1cc(Sc2csc(CNC(=O)OC(C)(C)C)n2)cc(-c2ccccc2)c1. The average Bonchev–Trinajstić information content (AvgIpc) is 3.18. The van der Waals surface area contributed by atoms with Crippen LogP contribution in [0.15, 0.2) is 63.8 Å². The van der Waals surface area contributed by atoms with E-state index in [1.54, 1.807) is 19.0 Å². The lowest BCUT2D eigenvalue weighted by molar-refractivity contribution is 0.0523. The Morgan fingerprint density at radius 2 is 1.81 bits per heavy atom. The number of nitrogens with zero attached hydrogens (tertiary/aromatic N) is 2. The van der Waals surface area contributed by atoms with Gasteiger partial charge >= 0.3 is 6.09 Å². The number of thiazole rings is 1. The number of carbonyl (C=O) groups is 2. The first kappa shape index (κ1) is 23.8. The molecule has 3 aromatic rings. The van der Waals surface area contributed by atoms with Crippen LogP contribution in [0.3, 0.4) is 0 Å². The Balaban J connectivity index is 1.77. The number of ether oxygens (including phenoxy) is 1. The van der Waals surface area contributed by atoms with Gasteiger partial charge in [0.25, 0.3) is 5.91 Å². The number of rotatable bonds is 6. The lowest BCUT2D eigenvalue weighted by Gasteiger charge is -2.19. The Morgan fingerprint density at radius 1 is 1.09 bits per heavy atom. The van der Waals surface area contributed by atoms with Gasteiger partial charge in [-0.05, 0) is 50.1 Å². The number of aromatic nitrogens is 1. The van der Waals surface area contributed by atoms with Crippen LogP contribution >= 0.6 is 23.1 Å². The highest BCUT2D eigenvalue weighted by atomic mass is 32.2. The predicted octanol–water partition coefficient (Wildman–Crippen LogP) is 5.69. The van der Waals surface area contributed by atoms with E-state index in [0.717, 1.165) is 26.1 Å². The molecule has 0 spiro atoms. The first-order valence-electron chi connectivity index (χ1n) is 10.1. The first-order valence-corrected chi connectivity index (χ1v) is 11.8. The van der Waals surface area contributed by atoms with Gasteiger partial charge in [-0.15, -0.1) is 11.3 Å². The van der Waals surface area contributed by atoms with Gasteiger partial charge in [0.2, 0.25) is 0 Å². The summed E-state index contributed by atoms with van der Waals surface area (Å²) in [7, 11) is 3.49. The minimum Gasteiger partial charge on any atom is -0.444 e. The minimum absolute atomic E-state index is 0.0508. The number of alkyl carbamates (subject to hydrolysis) is 1. The monoisotopic (exact) mass is 469 g/mol. The fourth-order valence-electron chi connectivity index (χ4n) is 2.84. The third-order valence-corrected chi connectivity index (χ3v) is 6.09. The molecule has 6 nitrogen and oxygen atoms in total. The van der Waals surface area contributed by atoms with Crippen molar-refractivity contribution in [3.8, 4) is 11.1 Å². The molecule has 0 radical (unpaired) electrons. The molecule has 1 heterocycles. The second-order valence-corrected chi connectivity index (χ2v) is 10.4. The molecule has 0 fully saturated rings. The topological polar surface area (TPSA) is 71.5 Å². The lowest BCUT2D eigenvalue weighted by atomic mass is 10.0. The molecule has 0 aliphatic carbocycles. The van der Waals surface area contributed by atoms with Gasteiger partial charge in [0.1, 0.15) is 15.6 Å². The quantitative estimate of drug-likeness (QED) is 0.502. The molecule has 0 saturated heterocycles. The molecule has 0 unspecified atom stereocenters. The van der Waals surface area contributed by atoms with E-state index in [1.165, 1.54) is 23.1 Å². The number of amides is 2.